The Hall–Kier alpha value is -1.74. The summed E-state index contributed by atoms with van der Waals surface area (Å²) in [6.07, 6.45) is -2.87. The Kier molecular flexibility index (Phi) is 9.65. The van der Waals surface area contributed by atoms with Crippen LogP contribution in [0, 0.1) is 3.57 Å². The maximum absolute atomic E-state index is 13.7. The smallest absolute Gasteiger partial charge is 0.459 e. The van der Waals surface area contributed by atoms with E-state index in [1.54, 1.807) is 66.8 Å². The third-order valence-corrected chi connectivity index (χ3v) is 8.15. The van der Waals surface area contributed by atoms with Gasteiger partial charge in [0.15, 0.2) is 6.23 Å². The molecule has 1 saturated heterocycles. The van der Waals surface area contributed by atoms with Gasteiger partial charge in [0, 0.05) is 6.20 Å². The van der Waals surface area contributed by atoms with Crippen molar-refractivity contribution >= 4 is 47.9 Å². The van der Waals surface area contributed by atoms with E-state index in [0.717, 1.165) is 4.57 Å². The van der Waals surface area contributed by atoms with E-state index >= 15 is 0 Å². The number of hydrogen-bond acceptors (Lipinski definition) is 9. The van der Waals surface area contributed by atoms with E-state index < -0.39 is 67.0 Å². The van der Waals surface area contributed by atoms with Crippen LogP contribution in [0.3, 0.4) is 0 Å². The summed E-state index contributed by atoms with van der Waals surface area (Å²) in [5, 5.41) is 13.4. The van der Waals surface area contributed by atoms with Crippen molar-refractivity contribution in [3.63, 3.8) is 0 Å². The molecule has 1 aliphatic rings. The molecule has 12 nitrogen and oxygen atoms in total. The third-order valence-electron chi connectivity index (χ3n) is 5.33. The Labute approximate surface area is 231 Å². The van der Waals surface area contributed by atoms with Crippen molar-refractivity contribution in [3.8, 4) is 5.75 Å². The summed E-state index contributed by atoms with van der Waals surface area (Å²) in [5.41, 5.74) is -1.36. The number of hydrogen-bond donors (Lipinski definition) is 3. The Morgan fingerprint density at radius 1 is 1.32 bits per heavy atom. The summed E-state index contributed by atoms with van der Waals surface area (Å²) in [6, 6.07) is 7.08. The highest BCUT2D eigenvalue weighted by atomic mass is 127. The average Bonchev–Trinajstić information content (AvgIpc) is 3.03. The lowest BCUT2D eigenvalue weighted by Gasteiger charge is -2.26. The molecule has 0 saturated carbocycles. The summed E-state index contributed by atoms with van der Waals surface area (Å²) in [7, 11) is -4.23. The molecule has 3 rings (SSSR count). The van der Waals surface area contributed by atoms with Crippen LogP contribution >= 0.6 is 41.9 Å². The number of nitrogens with zero attached hydrogens (tertiary/aromatic N) is 1. The van der Waals surface area contributed by atoms with Crippen molar-refractivity contribution < 1.29 is 33.0 Å². The number of benzene rings is 1. The minimum absolute atomic E-state index is 0.199. The molecule has 1 aromatic heterocycles. The Bertz CT molecular complexity index is 1270. The minimum Gasteiger partial charge on any atom is -0.462 e. The van der Waals surface area contributed by atoms with Crippen LogP contribution in [0.1, 0.15) is 33.9 Å². The number of carbonyl (C=O) groups is 1. The normalized spacial score (nSPS) is 26.0. The maximum atomic E-state index is 13.7. The van der Waals surface area contributed by atoms with E-state index in [4.69, 9.17) is 30.1 Å². The van der Waals surface area contributed by atoms with Gasteiger partial charge in [-0.3, -0.25) is 23.7 Å². The highest BCUT2D eigenvalue weighted by Gasteiger charge is 2.54. The van der Waals surface area contributed by atoms with Gasteiger partial charge in [-0.1, -0.05) is 18.2 Å². The molecule has 0 aliphatic carbocycles. The SMILES string of the molecule is CC(C)OC(=O)[C@@H](C)N[P@@](=O)(OC[C@H]1O[C@@H](n2cc(I)c(=O)[nH]c2=O)[C@](C)(Cl)[C@@H]1O)Oc1ccccc1. The Balaban J connectivity index is 1.82. The number of aromatic nitrogens is 2. The highest BCUT2D eigenvalue weighted by Crippen LogP contribution is 2.48. The first-order chi connectivity index (χ1) is 17.2. The molecule has 2 heterocycles. The lowest BCUT2D eigenvalue weighted by atomic mass is 10.0. The van der Waals surface area contributed by atoms with E-state index in [1.807, 2.05) is 0 Å². The van der Waals surface area contributed by atoms with Crippen molar-refractivity contribution in [2.24, 2.45) is 0 Å². The molecule has 0 spiro atoms. The van der Waals surface area contributed by atoms with Crippen molar-refractivity contribution in [2.75, 3.05) is 6.61 Å². The zero-order valence-electron chi connectivity index (χ0n) is 20.4. The topological polar surface area (TPSA) is 158 Å². The van der Waals surface area contributed by atoms with Crippen LogP contribution in [-0.4, -0.2) is 56.5 Å². The first-order valence-corrected chi connectivity index (χ1v) is 14.2. The lowest BCUT2D eigenvalue weighted by Crippen LogP contribution is -2.43. The van der Waals surface area contributed by atoms with E-state index in [1.165, 1.54) is 20.0 Å². The predicted octanol–water partition coefficient (Wildman–Crippen LogP) is 2.53. The summed E-state index contributed by atoms with van der Waals surface area (Å²) < 4.78 is 37.1. The molecule has 37 heavy (non-hydrogen) atoms. The number of nitrogens with one attached hydrogen (secondary N) is 2. The van der Waals surface area contributed by atoms with Gasteiger partial charge in [-0.2, -0.15) is 5.09 Å². The van der Waals surface area contributed by atoms with Gasteiger partial charge in [-0.05, 0) is 62.4 Å². The molecule has 1 aliphatic heterocycles. The fourth-order valence-electron chi connectivity index (χ4n) is 3.49. The van der Waals surface area contributed by atoms with Gasteiger partial charge >= 0.3 is 19.4 Å². The number of para-hydroxylation sites is 1. The molecule has 6 atom stereocenters. The number of halogens is 2. The molecule has 204 valence electrons. The fourth-order valence-corrected chi connectivity index (χ4v) is 5.73. The molecule has 3 N–H and O–H groups in total. The number of alkyl halides is 1. The molecule has 15 heteroatoms. The molecule has 2 aromatic rings. The van der Waals surface area contributed by atoms with E-state index in [0.29, 0.717) is 0 Å². The minimum atomic E-state index is -4.23. The molecule has 0 unspecified atom stereocenters. The summed E-state index contributed by atoms with van der Waals surface area (Å²) >= 11 is 8.32. The van der Waals surface area contributed by atoms with Gasteiger partial charge in [0.05, 0.1) is 16.3 Å². The predicted molar refractivity (Wildman–Crippen MR) is 143 cm³/mol. The molecular weight excluding hydrogens is 644 g/mol. The zero-order chi connectivity index (χ0) is 27.5. The maximum Gasteiger partial charge on any atom is 0.459 e. The van der Waals surface area contributed by atoms with Gasteiger partial charge < -0.3 is 19.1 Å². The molecule has 0 radical (unpaired) electrons. The average molecular weight is 672 g/mol. The summed E-state index contributed by atoms with van der Waals surface area (Å²) in [5.74, 6) is -0.474. The second kappa shape index (κ2) is 12.0. The number of carbonyl (C=O) groups excluding carboxylic acids is 1. The van der Waals surface area contributed by atoms with Crippen LogP contribution in [0.25, 0.3) is 0 Å². The number of H-pyrrole nitrogens is 1. The van der Waals surface area contributed by atoms with Crippen LogP contribution in [-0.2, 0) is 23.4 Å². The van der Waals surface area contributed by atoms with Crippen molar-refractivity contribution in [2.45, 2.75) is 63.2 Å². The molecule has 0 bridgehead atoms. The lowest BCUT2D eigenvalue weighted by molar-refractivity contribution is -0.149. The third kappa shape index (κ3) is 7.22. The second-order valence-electron chi connectivity index (χ2n) is 8.80. The van der Waals surface area contributed by atoms with Crippen LogP contribution < -0.4 is 20.9 Å². The quantitative estimate of drug-likeness (QED) is 0.148. The van der Waals surface area contributed by atoms with Gasteiger partial charge in [0.25, 0.3) is 5.56 Å². The van der Waals surface area contributed by atoms with E-state index in [9.17, 15) is 24.1 Å². The van der Waals surface area contributed by atoms with Gasteiger partial charge in [0.2, 0.25) is 0 Å². The Morgan fingerprint density at radius 2 is 1.97 bits per heavy atom. The summed E-state index contributed by atoms with van der Waals surface area (Å²) in [6.45, 7) is 5.75. The number of aliphatic hydroxyl groups excluding tert-OH is 1. The van der Waals surface area contributed by atoms with Gasteiger partial charge in [0.1, 0.15) is 28.9 Å². The van der Waals surface area contributed by atoms with Gasteiger partial charge in [-0.25, -0.2) is 9.36 Å². The number of aliphatic hydroxyl groups is 1. The molecule has 0 amide bonds. The molecule has 1 fully saturated rings. The largest absolute Gasteiger partial charge is 0.462 e. The first kappa shape index (κ1) is 29.8. The number of aromatic amines is 1. The number of ether oxygens (including phenoxy) is 2. The van der Waals surface area contributed by atoms with Crippen LogP contribution in [0.2, 0.25) is 0 Å². The van der Waals surface area contributed by atoms with Gasteiger partial charge in [-0.15, -0.1) is 11.6 Å². The van der Waals surface area contributed by atoms with Crippen LogP contribution in [0.4, 0.5) is 0 Å². The standard InChI is InChI=1S/C22H28ClIN3O9P/c1-12(2)34-19(30)13(3)26-37(32,36-14-8-6-5-7-9-14)33-11-16-17(28)22(4,23)20(35-16)27-10-15(24)18(29)25-21(27)31/h5-10,12-13,16-17,20,28H,11H2,1-4H3,(H,26,32)(H,25,29,31)/t13-,16-,17-,20-,22-,37-/m1/s1. The zero-order valence-corrected chi connectivity index (χ0v) is 24.2. The second-order valence-corrected chi connectivity index (χ2v) is 12.5. The van der Waals surface area contributed by atoms with Crippen molar-refractivity contribution in [1.29, 1.82) is 0 Å². The van der Waals surface area contributed by atoms with E-state index in [2.05, 4.69) is 10.1 Å². The summed E-state index contributed by atoms with van der Waals surface area (Å²) in [4.78, 5) is 37.1. The van der Waals surface area contributed by atoms with Crippen molar-refractivity contribution in [1.82, 2.24) is 14.6 Å². The van der Waals surface area contributed by atoms with Crippen LogP contribution in [0.5, 0.6) is 5.75 Å². The molecule has 1 aromatic carbocycles. The number of rotatable bonds is 10. The van der Waals surface area contributed by atoms with E-state index in [-0.39, 0.29) is 9.32 Å². The molecular formula is C22H28ClIN3O9P. The monoisotopic (exact) mass is 671 g/mol. The first-order valence-electron chi connectivity index (χ1n) is 11.2. The number of esters is 1. The van der Waals surface area contributed by atoms with Crippen LogP contribution in [0.15, 0.2) is 46.1 Å². The Morgan fingerprint density at radius 3 is 2.59 bits per heavy atom. The highest BCUT2D eigenvalue weighted by molar-refractivity contribution is 14.1. The fraction of sp³-hybridized carbons (Fsp3) is 0.500. The van der Waals surface area contributed by atoms with Crippen molar-refractivity contribution in [3.05, 3.63) is 60.9 Å².